The van der Waals surface area contributed by atoms with Gasteiger partial charge in [-0.25, -0.2) is 13.6 Å². The number of anilines is 1. The number of carboxylic acid groups (broad SMARTS) is 1. The number of carboxylic acids is 1. The first-order chi connectivity index (χ1) is 13.9. The number of halogens is 2. The Labute approximate surface area is 169 Å². The molecule has 1 saturated heterocycles. The number of aromatic amines is 1. The standard InChI is InChI=1S/C20H18F2N4O2S/c21-20(22)9-11-26(12-10-20)15-5-1-13(2-6-15)14-3-7-16(8-4-14)29-18-17(19(27)28)23-25-24-18/h1-8H,9-12H2,(H,27,28)(H,23,24,25). The van der Waals surface area contributed by atoms with Crippen molar-refractivity contribution in [2.45, 2.75) is 28.7 Å². The molecule has 1 aliphatic heterocycles. The number of hydrogen-bond donors (Lipinski definition) is 2. The Balaban J connectivity index is 1.44. The van der Waals surface area contributed by atoms with Gasteiger partial charge in [-0.05, 0) is 35.4 Å². The van der Waals surface area contributed by atoms with Gasteiger partial charge in [0.05, 0.1) is 0 Å². The Morgan fingerprint density at radius 3 is 2.17 bits per heavy atom. The molecule has 2 heterocycles. The summed E-state index contributed by atoms with van der Waals surface area (Å²) in [5, 5.41) is 19.2. The molecule has 29 heavy (non-hydrogen) atoms. The molecule has 0 amide bonds. The number of rotatable bonds is 5. The molecule has 0 saturated carbocycles. The summed E-state index contributed by atoms with van der Waals surface area (Å²) in [7, 11) is 0. The largest absolute Gasteiger partial charge is 0.476 e. The minimum absolute atomic E-state index is 0.106. The topological polar surface area (TPSA) is 82.1 Å². The number of alkyl halides is 2. The van der Waals surface area contributed by atoms with Crippen LogP contribution in [0, 0.1) is 0 Å². The summed E-state index contributed by atoms with van der Waals surface area (Å²) in [4.78, 5) is 13.9. The van der Waals surface area contributed by atoms with Crippen molar-refractivity contribution < 1.29 is 18.7 Å². The summed E-state index contributed by atoms with van der Waals surface area (Å²) in [5.74, 6) is -3.68. The van der Waals surface area contributed by atoms with E-state index in [4.69, 9.17) is 5.11 Å². The van der Waals surface area contributed by atoms with Crippen LogP contribution in [-0.2, 0) is 0 Å². The van der Waals surface area contributed by atoms with E-state index in [0.717, 1.165) is 21.7 Å². The maximum Gasteiger partial charge on any atom is 0.359 e. The number of hydrogen-bond acceptors (Lipinski definition) is 5. The average molecular weight is 416 g/mol. The van der Waals surface area contributed by atoms with Gasteiger partial charge in [0.1, 0.15) is 0 Å². The molecule has 4 rings (SSSR count). The smallest absolute Gasteiger partial charge is 0.359 e. The number of nitrogens with zero attached hydrogens (tertiary/aromatic N) is 3. The predicted molar refractivity (Wildman–Crippen MR) is 106 cm³/mol. The van der Waals surface area contributed by atoms with Gasteiger partial charge < -0.3 is 10.0 Å². The zero-order valence-electron chi connectivity index (χ0n) is 15.3. The summed E-state index contributed by atoms with van der Waals surface area (Å²) in [5.41, 5.74) is 2.86. The monoisotopic (exact) mass is 416 g/mol. The van der Waals surface area contributed by atoms with Gasteiger partial charge in [0.25, 0.3) is 5.92 Å². The molecule has 0 unspecified atom stereocenters. The molecule has 1 aromatic heterocycles. The number of nitrogens with one attached hydrogen (secondary N) is 1. The van der Waals surface area contributed by atoms with Gasteiger partial charge in [-0.1, -0.05) is 36.0 Å². The lowest BCUT2D eigenvalue weighted by Gasteiger charge is -2.33. The molecule has 0 bridgehead atoms. The van der Waals surface area contributed by atoms with E-state index in [0.29, 0.717) is 18.1 Å². The van der Waals surface area contributed by atoms with Crippen LogP contribution in [0.2, 0.25) is 0 Å². The highest BCUT2D eigenvalue weighted by molar-refractivity contribution is 7.99. The minimum Gasteiger partial charge on any atom is -0.476 e. The third kappa shape index (κ3) is 4.40. The fourth-order valence-corrected chi connectivity index (χ4v) is 4.03. The number of H-pyrrole nitrogens is 1. The van der Waals surface area contributed by atoms with Crippen molar-refractivity contribution in [1.29, 1.82) is 0 Å². The molecular formula is C20H18F2N4O2S. The normalized spacial score (nSPS) is 16.0. The maximum absolute atomic E-state index is 13.3. The van der Waals surface area contributed by atoms with Gasteiger partial charge in [-0.15, -0.1) is 10.2 Å². The van der Waals surface area contributed by atoms with E-state index >= 15 is 0 Å². The molecule has 3 aromatic rings. The lowest BCUT2D eigenvalue weighted by molar-refractivity contribution is -0.0220. The van der Waals surface area contributed by atoms with E-state index in [1.807, 2.05) is 53.4 Å². The SMILES string of the molecule is O=C(O)c1n[nH]nc1Sc1ccc(-c2ccc(N3CCC(F)(F)CC3)cc2)cc1. The first kappa shape index (κ1) is 19.4. The van der Waals surface area contributed by atoms with E-state index in [1.54, 1.807) is 0 Å². The van der Waals surface area contributed by atoms with Crippen LogP contribution < -0.4 is 4.90 Å². The highest BCUT2D eigenvalue weighted by Gasteiger charge is 2.33. The van der Waals surface area contributed by atoms with Crippen molar-refractivity contribution in [2.24, 2.45) is 0 Å². The van der Waals surface area contributed by atoms with Crippen LogP contribution in [-0.4, -0.2) is 45.5 Å². The van der Waals surface area contributed by atoms with Crippen LogP contribution in [0.15, 0.2) is 58.5 Å². The van der Waals surface area contributed by atoms with Gasteiger partial charge in [0.2, 0.25) is 5.69 Å². The van der Waals surface area contributed by atoms with Crippen molar-refractivity contribution in [3.05, 3.63) is 54.2 Å². The summed E-state index contributed by atoms with van der Waals surface area (Å²) >= 11 is 1.22. The summed E-state index contributed by atoms with van der Waals surface area (Å²) in [6.07, 6.45) is -0.216. The summed E-state index contributed by atoms with van der Waals surface area (Å²) < 4.78 is 26.7. The number of aromatic nitrogens is 3. The van der Waals surface area contributed by atoms with Crippen LogP contribution in [0.4, 0.5) is 14.5 Å². The van der Waals surface area contributed by atoms with Crippen molar-refractivity contribution in [2.75, 3.05) is 18.0 Å². The molecule has 0 spiro atoms. The minimum atomic E-state index is -2.55. The summed E-state index contributed by atoms with van der Waals surface area (Å²) in [6, 6.07) is 15.5. The quantitative estimate of drug-likeness (QED) is 0.635. The van der Waals surface area contributed by atoms with Crippen LogP contribution in [0.5, 0.6) is 0 Å². The molecule has 0 atom stereocenters. The van der Waals surface area contributed by atoms with E-state index in [1.165, 1.54) is 11.8 Å². The average Bonchev–Trinajstić information content (AvgIpc) is 3.17. The molecule has 1 aliphatic rings. The van der Waals surface area contributed by atoms with Crippen molar-refractivity contribution >= 4 is 23.4 Å². The third-order valence-electron chi connectivity index (χ3n) is 4.85. The van der Waals surface area contributed by atoms with Gasteiger partial charge in [-0.2, -0.15) is 5.21 Å². The second-order valence-corrected chi connectivity index (χ2v) is 7.86. The van der Waals surface area contributed by atoms with E-state index in [9.17, 15) is 13.6 Å². The molecule has 2 aromatic carbocycles. The van der Waals surface area contributed by atoms with Crippen molar-refractivity contribution in [3.63, 3.8) is 0 Å². The number of carbonyl (C=O) groups is 1. The first-order valence-corrected chi connectivity index (χ1v) is 9.88. The maximum atomic E-state index is 13.3. The van der Waals surface area contributed by atoms with Crippen molar-refractivity contribution in [3.8, 4) is 11.1 Å². The third-order valence-corrected chi connectivity index (χ3v) is 5.83. The van der Waals surface area contributed by atoms with Crippen molar-refractivity contribution in [1.82, 2.24) is 15.4 Å². The number of benzene rings is 2. The molecule has 9 heteroatoms. The van der Waals surface area contributed by atoms with Crippen LogP contribution in [0.25, 0.3) is 11.1 Å². The fraction of sp³-hybridized carbons (Fsp3) is 0.250. The summed E-state index contributed by atoms with van der Waals surface area (Å²) in [6.45, 7) is 0.720. The fourth-order valence-electron chi connectivity index (χ4n) is 3.22. The van der Waals surface area contributed by atoms with Gasteiger partial charge >= 0.3 is 5.97 Å². The van der Waals surface area contributed by atoms with Crippen LogP contribution in [0.3, 0.4) is 0 Å². The molecule has 0 radical (unpaired) electrons. The predicted octanol–water partition coefficient (Wildman–Crippen LogP) is 4.56. The molecule has 150 valence electrons. The second-order valence-electron chi connectivity index (χ2n) is 6.80. The number of piperidine rings is 1. The van der Waals surface area contributed by atoms with Gasteiger partial charge in [0.15, 0.2) is 5.03 Å². The zero-order valence-corrected chi connectivity index (χ0v) is 16.1. The molecule has 2 N–H and O–H groups in total. The van der Waals surface area contributed by atoms with Crippen LogP contribution in [0.1, 0.15) is 23.3 Å². The Morgan fingerprint density at radius 2 is 1.59 bits per heavy atom. The van der Waals surface area contributed by atoms with E-state index < -0.39 is 11.9 Å². The lowest BCUT2D eigenvalue weighted by atomic mass is 10.0. The molecular weight excluding hydrogens is 398 g/mol. The Morgan fingerprint density at radius 1 is 1.00 bits per heavy atom. The lowest BCUT2D eigenvalue weighted by Crippen LogP contribution is -2.39. The molecule has 6 nitrogen and oxygen atoms in total. The Kier molecular flexibility index (Phi) is 5.23. The van der Waals surface area contributed by atoms with Crippen LogP contribution >= 0.6 is 11.8 Å². The number of aromatic carboxylic acids is 1. The molecule has 0 aliphatic carbocycles. The zero-order chi connectivity index (χ0) is 20.4. The molecule has 1 fully saturated rings. The van der Waals surface area contributed by atoms with E-state index in [-0.39, 0.29) is 18.5 Å². The van der Waals surface area contributed by atoms with Gasteiger partial charge in [0, 0.05) is 36.5 Å². The first-order valence-electron chi connectivity index (χ1n) is 9.06. The van der Waals surface area contributed by atoms with Gasteiger partial charge in [-0.3, -0.25) is 0 Å². The second kappa shape index (κ2) is 7.82. The highest BCUT2D eigenvalue weighted by atomic mass is 32.2. The Bertz CT molecular complexity index is 996. The highest BCUT2D eigenvalue weighted by Crippen LogP contribution is 2.33. The van der Waals surface area contributed by atoms with E-state index in [2.05, 4.69) is 15.4 Å². The Hall–Kier alpha value is -2.94.